The van der Waals surface area contributed by atoms with Crippen LogP contribution in [0.15, 0.2) is 60.9 Å². The molecule has 0 saturated carbocycles. The zero-order chi connectivity index (χ0) is 42.0. The molecular formula is C44H58N8O6. The number of imidazole rings is 2. The summed E-state index contributed by atoms with van der Waals surface area (Å²) in [5, 5.41) is 5.46. The van der Waals surface area contributed by atoms with E-state index >= 15 is 0 Å². The number of rotatable bonds is 11. The number of hydrogen-bond donors (Lipinski definition) is 4. The maximum atomic E-state index is 13.9. The van der Waals surface area contributed by atoms with Crippen LogP contribution in [0.5, 0.6) is 0 Å². The molecule has 58 heavy (non-hydrogen) atoms. The molecule has 1 unspecified atom stereocenters. The first-order chi connectivity index (χ1) is 27.6. The van der Waals surface area contributed by atoms with Gasteiger partial charge in [-0.1, -0.05) is 90.1 Å². The van der Waals surface area contributed by atoms with Gasteiger partial charge >= 0.3 is 12.2 Å². The highest BCUT2D eigenvalue weighted by Crippen LogP contribution is 2.41. The molecule has 0 spiro atoms. The van der Waals surface area contributed by atoms with E-state index in [9.17, 15) is 19.2 Å². The van der Waals surface area contributed by atoms with Crippen molar-refractivity contribution >= 4 is 24.0 Å². The number of aromatic nitrogens is 4. The number of hydrogen-bond acceptors (Lipinski definition) is 8. The zero-order valence-corrected chi connectivity index (χ0v) is 35.2. The molecule has 4 heterocycles. The molecule has 0 aliphatic carbocycles. The van der Waals surface area contributed by atoms with Crippen molar-refractivity contribution in [2.45, 2.75) is 104 Å². The van der Waals surface area contributed by atoms with E-state index in [1.54, 1.807) is 0 Å². The Balaban J connectivity index is 1.15. The van der Waals surface area contributed by atoms with Crippen molar-refractivity contribution in [1.82, 2.24) is 40.4 Å². The first-order valence-electron chi connectivity index (χ1n) is 20.3. The lowest BCUT2D eigenvalue weighted by molar-refractivity contribution is -0.138. The average Bonchev–Trinajstić information content (AvgIpc) is 4.02. The third kappa shape index (κ3) is 8.46. The molecule has 0 radical (unpaired) electrons. The highest BCUT2D eigenvalue weighted by Gasteiger charge is 2.46. The zero-order valence-electron chi connectivity index (χ0n) is 35.2. The van der Waals surface area contributed by atoms with Crippen LogP contribution in [0.1, 0.15) is 92.0 Å². The van der Waals surface area contributed by atoms with Gasteiger partial charge in [-0.15, -0.1) is 0 Å². The van der Waals surface area contributed by atoms with Crippen molar-refractivity contribution in [2.24, 2.45) is 23.7 Å². The third-order valence-corrected chi connectivity index (χ3v) is 12.2. The molecule has 2 aromatic heterocycles. The average molecular weight is 795 g/mol. The molecule has 4 amide bonds. The van der Waals surface area contributed by atoms with E-state index in [4.69, 9.17) is 19.4 Å². The standard InChI is InChI=1S/C44H58N8O6/c1-23(2)37(49-43(55)57-9)41(53)51-27(7)25(5)19-35(51)39-45-21-33(47-39)31-15-11-29(12-16-31)30-13-17-32(18-14-30)34-22-46-40(48-34)36-20-26(6)28(8)52(36)42(54)38(24(3)4)50-44(56)58-10/h11-18,21-28,35-38H,19-20H2,1-10H3,(H,45,47)(H,46,48)(H,49,55)(H,50,56)/t25-,26-,27-,28-,35+,36+,37+,38?/m1/s1. The first kappa shape index (κ1) is 42.0. The summed E-state index contributed by atoms with van der Waals surface area (Å²) in [7, 11) is 2.59. The molecule has 2 fully saturated rings. The summed E-state index contributed by atoms with van der Waals surface area (Å²) in [6, 6.07) is 14.5. The number of nitrogens with zero attached hydrogens (tertiary/aromatic N) is 4. The second-order valence-corrected chi connectivity index (χ2v) is 16.7. The minimum absolute atomic E-state index is 0.0328. The second-order valence-electron chi connectivity index (χ2n) is 16.7. The summed E-state index contributed by atoms with van der Waals surface area (Å²) in [5.41, 5.74) is 5.75. The van der Waals surface area contributed by atoms with Gasteiger partial charge in [0.05, 0.1) is 50.1 Å². The largest absolute Gasteiger partial charge is 0.453 e. The van der Waals surface area contributed by atoms with Gasteiger partial charge in [0.15, 0.2) is 0 Å². The first-order valence-corrected chi connectivity index (χ1v) is 20.3. The summed E-state index contributed by atoms with van der Waals surface area (Å²) in [6.45, 7) is 16.0. The Morgan fingerprint density at radius 1 is 0.603 bits per heavy atom. The molecule has 4 aromatic rings. The Morgan fingerprint density at radius 3 is 1.24 bits per heavy atom. The van der Waals surface area contributed by atoms with Gasteiger partial charge in [0, 0.05) is 12.1 Å². The van der Waals surface area contributed by atoms with Gasteiger partial charge < -0.3 is 39.9 Å². The quantitative estimate of drug-likeness (QED) is 0.121. The number of benzene rings is 2. The summed E-state index contributed by atoms with van der Waals surface area (Å²) >= 11 is 0. The van der Waals surface area contributed by atoms with Crippen molar-refractivity contribution in [3.05, 3.63) is 72.6 Å². The number of alkyl carbamates (subject to hydrolysis) is 2. The number of nitrogens with one attached hydrogen (secondary N) is 4. The smallest absolute Gasteiger partial charge is 0.407 e. The number of carbonyl (C=O) groups is 4. The summed E-state index contributed by atoms with van der Waals surface area (Å²) < 4.78 is 9.61. The van der Waals surface area contributed by atoms with E-state index in [1.165, 1.54) is 14.2 Å². The van der Waals surface area contributed by atoms with Gasteiger partial charge in [-0.3, -0.25) is 9.59 Å². The highest BCUT2D eigenvalue weighted by atomic mass is 16.5. The van der Waals surface area contributed by atoms with Gasteiger partial charge in [-0.25, -0.2) is 19.6 Å². The highest BCUT2D eigenvalue weighted by molar-refractivity contribution is 5.87. The Bertz CT molecular complexity index is 1930. The minimum Gasteiger partial charge on any atom is -0.453 e. The van der Waals surface area contributed by atoms with E-state index in [0.29, 0.717) is 11.6 Å². The molecule has 2 aromatic carbocycles. The van der Waals surface area contributed by atoms with Crippen LogP contribution in [0.25, 0.3) is 33.6 Å². The van der Waals surface area contributed by atoms with Crippen molar-refractivity contribution in [3.8, 4) is 33.6 Å². The third-order valence-electron chi connectivity index (χ3n) is 12.2. The van der Waals surface area contributed by atoms with E-state index < -0.39 is 24.3 Å². The Kier molecular flexibility index (Phi) is 12.6. The normalized spacial score (nSPS) is 22.9. The van der Waals surface area contributed by atoms with Gasteiger partial charge in [0.1, 0.15) is 23.7 Å². The summed E-state index contributed by atoms with van der Waals surface area (Å²) in [6.07, 6.45) is 3.87. The second kappa shape index (κ2) is 17.5. The Morgan fingerprint density at radius 2 is 0.931 bits per heavy atom. The monoisotopic (exact) mass is 794 g/mol. The molecular weight excluding hydrogens is 737 g/mol. The minimum atomic E-state index is -0.717. The Hall–Kier alpha value is -5.66. The number of methoxy groups -OCH3 is 2. The fourth-order valence-corrected chi connectivity index (χ4v) is 8.35. The predicted molar refractivity (Wildman–Crippen MR) is 221 cm³/mol. The number of H-pyrrole nitrogens is 2. The number of amides is 4. The summed E-state index contributed by atoms with van der Waals surface area (Å²) in [5.74, 6) is 1.38. The fraction of sp³-hybridized carbons (Fsp3) is 0.500. The van der Waals surface area contributed by atoms with Crippen molar-refractivity contribution in [2.75, 3.05) is 14.2 Å². The molecule has 310 valence electrons. The van der Waals surface area contributed by atoms with E-state index in [-0.39, 0.29) is 59.7 Å². The molecule has 8 atom stereocenters. The molecule has 2 aliphatic heterocycles. The van der Waals surface area contributed by atoms with Crippen LogP contribution >= 0.6 is 0 Å². The molecule has 6 rings (SSSR count). The number of carbonyl (C=O) groups excluding carboxylic acids is 4. The van der Waals surface area contributed by atoms with Crippen LogP contribution in [0.2, 0.25) is 0 Å². The van der Waals surface area contributed by atoms with Crippen LogP contribution in [0.4, 0.5) is 9.59 Å². The topological polar surface area (TPSA) is 175 Å². The Labute approximate surface area is 340 Å². The predicted octanol–water partition coefficient (Wildman–Crippen LogP) is 7.49. The molecule has 14 nitrogen and oxygen atoms in total. The fourth-order valence-electron chi connectivity index (χ4n) is 8.35. The van der Waals surface area contributed by atoms with Gasteiger partial charge in [-0.2, -0.15) is 0 Å². The summed E-state index contributed by atoms with van der Waals surface area (Å²) in [4.78, 5) is 72.2. The van der Waals surface area contributed by atoms with E-state index in [0.717, 1.165) is 46.5 Å². The van der Waals surface area contributed by atoms with Crippen molar-refractivity contribution < 1.29 is 28.7 Å². The lowest BCUT2D eigenvalue weighted by Gasteiger charge is -2.33. The maximum Gasteiger partial charge on any atom is 0.407 e. The van der Waals surface area contributed by atoms with E-state index in [2.05, 4.69) is 83.0 Å². The maximum absolute atomic E-state index is 13.9. The molecule has 4 N–H and O–H groups in total. The van der Waals surface area contributed by atoms with Crippen LogP contribution < -0.4 is 10.6 Å². The van der Waals surface area contributed by atoms with Crippen LogP contribution in [0, 0.1) is 23.7 Å². The van der Waals surface area contributed by atoms with Crippen LogP contribution in [-0.4, -0.2) is 92.1 Å². The molecule has 2 aliphatic rings. The van der Waals surface area contributed by atoms with Gasteiger partial charge in [0.25, 0.3) is 0 Å². The van der Waals surface area contributed by atoms with Gasteiger partial charge in [0.2, 0.25) is 11.8 Å². The molecule has 14 heteroatoms. The molecule has 0 bridgehead atoms. The molecule has 2 saturated heterocycles. The number of ether oxygens (including phenoxy) is 2. The van der Waals surface area contributed by atoms with Crippen LogP contribution in [0.3, 0.4) is 0 Å². The lowest BCUT2D eigenvalue weighted by Crippen LogP contribution is -2.53. The van der Waals surface area contributed by atoms with Crippen molar-refractivity contribution in [3.63, 3.8) is 0 Å². The van der Waals surface area contributed by atoms with E-state index in [1.807, 2.05) is 63.7 Å². The van der Waals surface area contributed by atoms with Gasteiger partial charge in [-0.05, 0) is 72.6 Å². The number of likely N-dealkylation sites (tertiary alicyclic amines) is 2. The van der Waals surface area contributed by atoms with Crippen molar-refractivity contribution in [1.29, 1.82) is 0 Å². The lowest BCUT2D eigenvalue weighted by atomic mass is 10.0. The number of aromatic amines is 2. The SMILES string of the molecule is COC(=O)NC(C(=O)N1[C@H](C)[C@H](C)C[C@H]1c1ncc(-c2ccc(-c3ccc(-c4cnc([C@@H]5C[C@@H](C)[C@@H](C)N5C(=O)[C@@H](NC(=O)OC)C(C)C)[nH]4)cc3)cc2)[nH]1)C(C)C. The van der Waals surface area contributed by atoms with Crippen LogP contribution in [-0.2, 0) is 19.1 Å².